The highest BCUT2D eigenvalue weighted by Gasteiger charge is 2.19. The van der Waals surface area contributed by atoms with E-state index in [2.05, 4.69) is 0 Å². The number of rotatable bonds is 6. The molecule has 2 rings (SSSR count). The Balaban J connectivity index is 1.96. The van der Waals surface area contributed by atoms with E-state index in [1.165, 1.54) is 0 Å². The molecule has 0 saturated heterocycles. The lowest BCUT2D eigenvalue weighted by Gasteiger charge is -2.22. The SMILES string of the molecule is COc1cccc(O[C@H](C)C(=O)N(C)Cc2ccc(Cl)cc2)c1. The predicted molar refractivity (Wildman–Crippen MR) is 91.0 cm³/mol. The fraction of sp³-hybridized carbons (Fsp3) is 0.278. The summed E-state index contributed by atoms with van der Waals surface area (Å²) >= 11 is 5.87. The van der Waals surface area contributed by atoms with Crippen molar-refractivity contribution in [1.29, 1.82) is 0 Å². The molecule has 0 bridgehead atoms. The van der Waals surface area contributed by atoms with Gasteiger partial charge in [0.15, 0.2) is 6.10 Å². The van der Waals surface area contributed by atoms with Crippen LogP contribution in [-0.2, 0) is 11.3 Å². The van der Waals surface area contributed by atoms with Gasteiger partial charge in [-0.2, -0.15) is 0 Å². The molecule has 0 radical (unpaired) electrons. The maximum atomic E-state index is 12.4. The van der Waals surface area contributed by atoms with Crippen molar-refractivity contribution in [2.45, 2.75) is 19.6 Å². The van der Waals surface area contributed by atoms with Crippen molar-refractivity contribution >= 4 is 17.5 Å². The lowest BCUT2D eigenvalue weighted by molar-refractivity contribution is -0.137. The Bertz CT molecular complexity index is 658. The topological polar surface area (TPSA) is 38.8 Å². The van der Waals surface area contributed by atoms with Gasteiger partial charge in [0.25, 0.3) is 5.91 Å². The molecule has 4 nitrogen and oxygen atoms in total. The summed E-state index contributed by atoms with van der Waals surface area (Å²) in [4.78, 5) is 14.0. The first-order chi connectivity index (χ1) is 11.0. The van der Waals surface area contributed by atoms with E-state index in [-0.39, 0.29) is 5.91 Å². The fourth-order valence-corrected chi connectivity index (χ4v) is 2.31. The first-order valence-electron chi connectivity index (χ1n) is 7.29. The number of benzene rings is 2. The maximum Gasteiger partial charge on any atom is 0.263 e. The monoisotopic (exact) mass is 333 g/mol. The van der Waals surface area contributed by atoms with Gasteiger partial charge in [0, 0.05) is 24.7 Å². The summed E-state index contributed by atoms with van der Waals surface area (Å²) in [5.74, 6) is 1.20. The zero-order chi connectivity index (χ0) is 16.8. The summed E-state index contributed by atoms with van der Waals surface area (Å²) in [6.07, 6.45) is -0.584. The molecule has 2 aromatic carbocycles. The molecule has 0 aromatic heterocycles. The number of nitrogens with zero attached hydrogens (tertiary/aromatic N) is 1. The summed E-state index contributed by atoms with van der Waals surface area (Å²) < 4.78 is 10.9. The molecule has 0 aliphatic heterocycles. The number of ether oxygens (including phenoxy) is 2. The van der Waals surface area contributed by atoms with E-state index in [0.29, 0.717) is 23.1 Å². The Morgan fingerprint density at radius 3 is 2.48 bits per heavy atom. The molecule has 0 unspecified atom stereocenters. The Labute approximate surface area is 141 Å². The van der Waals surface area contributed by atoms with Crippen LogP contribution < -0.4 is 9.47 Å². The Hall–Kier alpha value is -2.20. The van der Waals surface area contributed by atoms with Crippen LogP contribution in [0.5, 0.6) is 11.5 Å². The number of carbonyl (C=O) groups excluding carboxylic acids is 1. The standard InChI is InChI=1S/C18H20ClNO3/c1-13(23-17-6-4-5-16(11-17)22-3)18(21)20(2)12-14-7-9-15(19)10-8-14/h4-11,13H,12H2,1-3H3/t13-/m1/s1. The van der Waals surface area contributed by atoms with Gasteiger partial charge in [-0.05, 0) is 36.8 Å². The molecule has 0 aliphatic carbocycles. The summed E-state index contributed by atoms with van der Waals surface area (Å²) in [5.41, 5.74) is 1.01. The summed E-state index contributed by atoms with van der Waals surface area (Å²) in [6, 6.07) is 14.6. The fourth-order valence-electron chi connectivity index (χ4n) is 2.18. The number of carbonyl (C=O) groups is 1. The van der Waals surface area contributed by atoms with Crippen molar-refractivity contribution in [1.82, 2.24) is 4.90 Å². The Morgan fingerprint density at radius 2 is 1.83 bits per heavy atom. The number of amides is 1. The van der Waals surface area contributed by atoms with Crippen molar-refractivity contribution in [3.63, 3.8) is 0 Å². The molecule has 5 heteroatoms. The van der Waals surface area contributed by atoms with Crippen LogP contribution in [0.25, 0.3) is 0 Å². The zero-order valence-electron chi connectivity index (χ0n) is 13.5. The molecule has 0 N–H and O–H groups in total. The summed E-state index contributed by atoms with van der Waals surface area (Å²) in [6.45, 7) is 2.24. The van der Waals surface area contributed by atoms with E-state index in [4.69, 9.17) is 21.1 Å². The van der Waals surface area contributed by atoms with Crippen molar-refractivity contribution in [3.8, 4) is 11.5 Å². The molecular formula is C18H20ClNO3. The smallest absolute Gasteiger partial charge is 0.263 e. The average Bonchev–Trinajstić information content (AvgIpc) is 2.56. The van der Waals surface area contributed by atoms with Crippen molar-refractivity contribution in [3.05, 3.63) is 59.1 Å². The van der Waals surface area contributed by atoms with Gasteiger partial charge in [-0.1, -0.05) is 29.8 Å². The maximum absolute atomic E-state index is 12.4. The third-order valence-electron chi connectivity index (χ3n) is 3.41. The van der Waals surface area contributed by atoms with Crippen LogP contribution in [0.3, 0.4) is 0 Å². The van der Waals surface area contributed by atoms with Gasteiger partial charge in [0.2, 0.25) is 0 Å². The summed E-state index contributed by atoms with van der Waals surface area (Å²) in [5, 5.41) is 0.678. The van der Waals surface area contributed by atoms with Gasteiger partial charge >= 0.3 is 0 Å². The predicted octanol–water partition coefficient (Wildman–Crippen LogP) is 3.77. The molecule has 1 amide bonds. The van der Waals surface area contributed by atoms with E-state index in [9.17, 15) is 4.79 Å². The van der Waals surface area contributed by atoms with Crippen LogP contribution in [-0.4, -0.2) is 31.1 Å². The van der Waals surface area contributed by atoms with Crippen LogP contribution in [0.1, 0.15) is 12.5 Å². The average molecular weight is 334 g/mol. The van der Waals surface area contributed by atoms with Gasteiger partial charge in [0.05, 0.1) is 7.11 Å². The molecule has 0 spiro atoms. The Morgan fingerprint density at radius 1 is 1.17 bits per heavy atom. The van der Waals surface area contributed by atoms with Crippen molar-refractivity contribution in [2.75, 3.05) is 14.2 Å². The molecule has 0 heterocycles. The minimum Gasteiger partial charge on any atom is -0.497 e. The number of hydrogen-bond donors (Lipinski definition) is 0. The highest BCUT2D eigenvalue weighted by Crippen LogP contribution is 2.20. The number of likely N-dealkylation sites (N-methyl/N-ethyl adjacent to an activating group) is 1. The molecule has 1 atom stereocenters. The largest absolute Gasteiger partial charge is 0.497 e. The van der Waals surface area contributed by atoms with E-state index in [0.717, 1.165) is 5.56 Å². The number of halogens is 1. The van der Waals surface area contributed by atoms with Gasteiger partial charge in [-0.25, -0.2) is 0 Å². The van der Waals surface area contributed by atoms with Crippen molar-refractivity contribution < 1.29 is 14.3 Å². The highest BCUT2D eigenvalue weighted by molar-refractivity contribution is 6.30. The lowest BCUT2D eigenvalue weighted by atomic mass is 10.2. The first kappa shape index (κ1) is 17.2. The van der Waals surface area contributed by atoms with E-state index in [1.54, 1.807) is 38.1 Å². The zero-order valence-corrected chi connectivity index (χ0v) is 14.2. The van der Waals surface area contributed by atoms with E-state index in [1.807, 2.05) is 36.4 Å². The van der Waals surface area contributed by atoms with Gasteiger partial charge in [0.1, 0.15) is 11.5 Å². The molecular weight excluding hydrogens is 314 g/mol. The number of hydrogen-bond acceptors (Lipinski definition) is 3. The summed E-state index contributed by atoms with van der Waals surface area (Å²) in [7, 11) is 3.34. The minimum absolute atomic E-state index is 0.0947. The van der Waals surface area contributed by atoms with Gasteiger partial charge in [-0.15, -0.1) is 0 Å². The quantitative estimate of drug-likeness (QED) is 0.807. The lowest BCUT2D eigenvalue weighted by Crippen LogP contribution is -2.37. The van der Waals surface area contributed by atoms with Crippen molar-refractivity contribution in [2.24, 2.45) is 0 Å². The molecule has 2 aromatic rings. The van der Waals surface area contributed by atoms with Crippen LogP contribution in [0, 0.1) is 0 Å². The third kappa shape index (κ3) is 4.89. The van der Waals surface area contributed by atoms with Crippen LogP contribution in [0.15, 0.2) is 48.5 Å². The van der Waals surface area contributed by atoms with Gasteiger partial charge in [-0.3, -0.25) is 4.79 Å². The molecule has 0 fully saturated rings. The minimum atomic E-state index is -0.584. The second-order valence-corrected chi connectivity index (χ2v) is 5.70. The Kier molecular flexibility index (Phi) is 5.88. The normalized spacial score (nSPS) is 11.7. The van der Waals surface area contributed by atoms with Gasteiger partial charge < -0.3 is 14.4 Å². The molecule has 0 saturated carbocycles. The van der Waals surface area contributed by atoms with Crippen LogP contribution >= 0.6 is 11.6 Å². The number of methoxy groups -OCH3 is 1. The third-order valence-corrected chi connectivity index (χ3v) is 3.66. The highest BCUT2D eigenvalue weighted by atomic mass is 35.5. The second-order valence-electron chi connectivity index (χ2n) is 5.26. The van der Waals surface area contributed by atoms with Crippen LogP contribution in [0.4, 0.5) is 0 Å². The first-order valence-corrected chi connectivity index (χ1v) is 7.67. The molecule has 23 heavy (non-hydrogen) atoms. The van der Waals surface area contributed by atoms with E-state index < -0.39 is 6.10 Å². The van der Waals surface area contributed by atoms with Crippen LogP contribution in [0.2, 0.25) is 5.02 Å². The van der Waals surface area contributed by atoms with E-state index >= 15 is 0 Å². The second kappa shape index (κ2) is 7.88. The molecule has 0 aliphatic rings. The molecule has 122 valence electrons.